The third-order valence-corrected chi connectivity index (χ3v) is 12.0. The van der Waals surface area contributed by atoms with Crippen molar-refractivity contribution in [3.05, 3.63) is 24.3 Å². The molecule has 0 bridgehead atoms. The molecule has 1 rings (SSSR count). The molecule has 22 heavy (non-hydrogen) atoms. The van der Waals surface area contributed by atoms with Gasteiger partial charge in [-0.2, -0.15) is 0 Å². The van der Waals surface area contributed by atoms with Gasteiger partial charge in [0.05, 0.1) is 4.90 Å². The van der Waals surface area contributed by atoms with Gasteiger partial charge in [0.2, 0.25) is 10.0 Å². The van der Waals surface area contributed by atoms with Crippen molar-refractivity contribution < 1.29 is 8.42 Å². The molecule has 0 fully saturated rings. The molecule has 0 unspecified atom stereocenters. The highest BCUT2D eigenvalue weighted by Gasteiger charge is 2.39. The van der Waals surface area contributed by atoms with E-state index in [1.54, 1.807) is 12.1 Å². The van der Waals surface area contributed by atoms with Crippen LogP contribution >= 0.6 is 0 Å². The Balaban J connectivity index is 2.86. The third kappa shape index (κ3) is 5.10. The lowest BCUT2D eigenvalue weighted by Gasteiger charge is -2.36. The van der Waals surface area contributed by atoms with Gasteiger partial charge >= 0.3 is 0 Å². The number of benzene rings is 1. The van der Waals surface area contributed by atoms with Gasteiger partial charge in [0, 0.05) is 12.2 Å². The SMILES string of the molecule is CCCCNc1ccc(S(=O)(=O)N[Si](C)(C)C(C)(C)C)cc1. The second kappa shape index (κ2) is 7.15. The van der Waals surface area contributed by atoms with Crippen LogP contribution in [0.2, 0.25) is 18.1 Å². The number of unbranched alkanes of at least 4 members (excludes halogenated alkanes) is 1. The van der Waals surface area contributed by atoms with E-state index in [0.717, 1.165) is 25.1 Å². The molecule has 0 aliphatic rings. The van der Waals surface area contributed by atoms with Crippen LogP contribution < -0.4 is 9.70 Å². The van der Waals surface area contributed by atoms with Crippen molar-refractivity contribution in [2.45, 2.75) is 63.6 Å². The van der Waals surface area contributed by atoms with E-state index in [2.05, 4.69) is 37.4 Å². The van der Waals surface area contributed by atoms with Crippen molar-refractivity contribution in [2.75, 3.05) is 11.9 Å². The molecule has 2 N–H and O–H groups in total. The van der Waals surface area contributed by atoms with Crippen molar-refractivity contribution in [1.82, 2.24) is 4.39 Å². The maximum absolute atomic E-state index is 12.6. The summed E-state index contributed by atoms with van der Waals surface area (Å²) in [4.78, 5) is 0.332. The second-order valence-electron chi connectivity index (χ2n) is 7.29. The highest BCUT2D eigenvalue weighted by Crippen LogP contribution is 2.34. The number of anilines is 1. The summed E-state index contributed by atoms with van der Waals surface area (Å²) in [5.41, 5.74) is 0.958. The number of nitrogens with one attached hydrogen (secondary N) is 2. The van der Waals surface area contributed by atoms with Gasteiger partial charge in [-0.05, 0) is 35.7 Å². The highest BCUT2D eigenvalue weighted by molar-refractivity contribution is 7.91. The molecule has 0 heterocycles. The molecule has 0 radical (unpaired) electrons. The number of hydrogen-bond donors (Lipinski definition) is 2. The Kier molecular flexibility index (Phi) is 6.24. The van der Waals surface area contributed by atoms with Crippen LogP contribution in [0, 0.1) is 0 Å². The van der Waals surface area contributed by atoms with Gasteiger partial charge in [0.15, 0.2) is 0 Å². The Hall–Kier alpha value is -0.853. The molecule has 0 aromatic heterocycles. The van der Waals surface area contributed by atoms with Gasteiger partial charge in [-0.3, -0.25) is 0 Å². The summed E-state index contributed by atoms with van der Waals surface area (Å²) in [7, 11) is -5.58. The van der Waals surface area contributed by atoms with Crippen LogP contribution in [0.3, 0.4) is 0 Å². The normalized spacial score (nSPS) is 13.2. The molecule has 1 aromatic rings. The topological polar surface area (TPSA) is 58.2 Å². The van der Waals surface area contributed by atoms with E-state index in [9.17, 15) is 8.42 Å². The maximum Gasteiger partial charge on any atom is 0.234 e. The molecular weight excluding hydrogens is 312 g/mol. The first-order chi connectivity index (χ1) is 9.99. The number of hydrogen-bond acceptors (Lipinski definition) is 3. The standard InChI is InChI=1S/C16H30N2O2SSi/c1-7-8-13-17-14-9-11-15(12-10-14)21(19,20)18-22(5,6)16(2,3)4/h9-12,17-18H,7-8,13H2,1-6H3. The van der Waals surface area contributed by atoms with Crippen molar-refractivity contribution in [1.29, 1.82) is 0 Å². The monoisotopic (exact) mass is 342 g/mol. The molecule has 1 aromatic carbocycles. The van der Waals surface area contributed by atoms with E-state index in [1.807, 2.05) is 25.2 Å². The van der Waals surface area contributed by atoms with Gasteiger partial charge in [0.1, 0.15) is 8.24 Å². The molecule has 0 aliphatic carbocycles. The van der Waals surface area contributed by atoms with Gasteiger partial charge < -0.3 is 5.32 Å². The van der Waals surface area contributed by atoms with Gasteiger partial charge in [-0.1, -0.05) is 47.2 Å². The molecule has 4 nitrogen and oxygen atoms in total. The second-order valence-corrected chi connectivity index (χ2v) is 14.3. The first-order valence-electron chi connectivity index (χ1n) is 7.87. The molecule has 6 heteroatoms. The lowest BCUT2D eigenvalue weighted by molar-refractivity contribution is 0.589. The van der Waals surface area contributed by atoms with Gasteiger partial charge in [0.25, 0.3) is 0 Å². The van der Waals surface area contributed by atoms with E-state index in [-0.39, 0.29) is 5.04 Å². The molecular formula is C16H30N2O2SSi. The molecule has 0 spiro atoms. The van der Waals surface area contributed by atoms with E-state index < -0.39 is 18.3 Å². The minimum absolute atomic E-state index is 0.0400. The van der Waals surface area contributed by atoms with Crippen LogP contribution in [0.15, 0.2) is 29.2 Å². The Bertz CT molecular complexity index is 575. The molecule has 126 valence electrons. The average molecular weight is 343 g/mol. The molecule has 0 amide bonds. The largest absolute Gasteiger partial charge is 0.385 e. The fourth-order valence-corrected chi connectivity index (χ4v) is 6.59. The Morgan fingerprint density at radius 3 is 2.09 bits per heavy atom. The Labute approximate surface area is 136 Å². The summed E-state index contributed by atoms with van der Waals surface area (Å²) in [6.45, 7) is 13.4. The van der Waals surface area contributed by atoms with Crippen molar-refractivity contribution >= 4 is 23.9 Å². The van der Waals surface area contributed by atoms with E-state index in [1.165, 1.54) is 0 Å². The molecule has 0 atom stereocenters. The zero-order valence-corrected chi connectivity index (χ0v) is 16.5. The van der Waals surface area contributed by atoms with Crippen molar-refractivity contribution in [3.8, 4) is 0 Å². The maximum atomic E-state index is 12.6. The van der Waals surface area contributed by atoms with E-state index in [0.29, 0.717) is 4.90 Å². The lowest BCUT2D eigenvalue weighted by Crippen LogP contribution is -2.54. The van der Waals surface area contributed by atoms with Crippen LogP contribution in [0.25, 0.3) is 0 Å². The number of sulfonamides is 1. The fraction of sp³-hybridized carbons (Fsp3) is 0.625. The summed E-state index contributed by atoms with van der Waals surface area (Å²) >= 11 is 0. The van der Waals surface area contributed by atoms with Gasteiger partial charge in [-0.15, -0.1) is 0 Å². The minimum atomic E-state index is -3.46. The van der Waals surface area contributed by atoms with Crippen LogP contribution in [0.1, 0.15) is 40.5 Å². The molecule has 0 saturated heterocycles. The predicted molar refractivity (Wildman–Crippen MR) is 97.4 cm³/mol. The molecule has 0 saturated carbocycles. The van der Waals surface area contributed by atoms with Crippen LogP contribution in [-0.2, 0) is 10.0 Å². The van der Waals surface area contributed by atoms with E-state index >= 15 is 0 Å². The average Bonchev–Trinajstić information content (AvgIpc) is 2.37. The summed E-state index contributed by atoms with van der Waals surface area (Å²) in [5.74, 6) is 0. The van der Waals surface area contributed by atoms with Gasteiger partial charge in [-0.25, -0.2) is 12.8 Å². The van der Waals surface area contributed by atoms with E-state index in [4.69, 9.17) is 0 Å². The van der Waals surface area contributed by atoms with Crippen LogP contribution in [0.5, 0.6) is 0 Å². The van der Waals surface area contributed by atoms with Crippen molar-refractivity contribution in [2.24, 2.45) is 0 Å². The zero-order chi connectivity index (χ0) is 17.0. The Morgan fingerprint density at radius 2 is 1.64 bits per heavy atom. The minimum Gasteiger partial charge on any atom is -0.385 e. The summed E-state index contributed by atoms with van der Waals surface area (Å²) in [5, 5.41) is 3.25. The Morgan fingerprint density at radius 1 is 1.09 bits per heavy atom. The van der Waals surface area contributed by atoms with Crippen molar-refractivity contribution in [3.63, 3.8) is 0 Å². The third-order valence-electron chi connectivity index (χ3n) is 4.29. The van der Waals surface area contributed by atoms with Crippen LogP contribution in [0.4, 0.5) is 5.69 Å². The number of rotatable bonds is 7. The smallest absolute Gasteiger partial charge is 0.234 e. The quantitative estimate of drug-likeness (QED) is 0.577. The first kappa shape index (κ1) is 19.2. The fourth-order valence-electron chi connectivity index (χ4n) is 1.71. The predicted octanol–water partition coefficient (Wildman–Crippen LogP) is 4.18. The first-order valence-corrected chi connectivity index (χ1v) is 12.4. The zero-order valence-electron chi connectivity index (χ0n) is 14.7. The summed E-state index contributed by atoms with van der Waals surface area (Å²) in [6.07, 6.45) is 2.24. The molecule has 0 aliphatic heterocycles. The van der Waals surface area contributed by atoms with Crippen LogP contribution in [-0.4, -0.2) is 23.2 Å². The summed E-state index contributed by atoms with van der Waals surface area (Å²) in [6, 6.07) is 7.00. The highest BCUT2D eigenvalue weighted by atomic mass is 32.2. The summed E-state index contributed by atoms with van der Waals surface area (Å²) < 4.78 is 28.1. The lowest BCUT2D eigenvalue weighted by atomic mass is 10.2.